The molecule has 1 rings (SSSR count). The monoisotopic (exact) mass is 299 g/mol. The van der Waals surface area contributed by atoms with E-state index in [1.807, 2.05) is 20.8 Å². The van der Waals surface area contributed by atoms with Crippen molar-refractivity contribution in [2.24, 2.45) is 0 Å². The number of hydrogen-bond donors (Lipinski definition) is 4. The summed E-state index contributed by atoms with van der Waals surface area (Å²) in [6.07, 6.45) is 0.223. The molecule has 0 aliphatic rings. The molecule has 20 heavy (non-hydrogen) atoms. The minimum Gasteiger partial charge on any atom is -0.382 e. The molecule has 0 saturated carbocycles. The fraction of sp³-hybridized carbons (Fsp3) is 0.583. The lowest BCUT2D eigenvalue weighted by Crippen LogP contribution is -2.41. The Labute approximate surface area is 122 Å². The van der Waals surface area contributed by atoms with Gasteiger partial charge in [-0.2, -0.15) is 0 Å². The van der Waals surface area contributed by atoms with Gasteiger partial charge in [0.15, 0.2) is 5.13 Å². The molecule has 0 aliphatic heterocycles. The van der Waals surface area contributed by atoms with Crippen molar-refractivity contribution in [3.63, 3.8) is 0 Å². The summed E-state index contributed by atoms with van der Waals surface area (Å²) in [6, 6.07) is 0. The van der Waals surface area contributed by atoms with E-state index in [0.717, 1.165) is 0 Å². The molecule has 0 radical (unpaired) electrons. The molecule has 0 aliphatic carbocycles. The lowest BCUT2D eigenvalue weighted by Gasteiger charge is -2.20. The van der Waals surface area contributed by atoms with Gasteiger partial charge in [-0.15, -0.1) is 0 Å². The molecule has 0 spiro atoms. The van der Waals surface area contributed by atoms with Crippen molar-refractivity contribution in [1.29, 1.82) is 0 Å². The van der Waals surface area contributed by atoms with Crippen molar-refractivity contribution in [3.05, 3.63) is 4.88 Å². The molecule has 0 bridgehead atoms. The van der Waals surface area contributed by atoms with E-state index in [1.54, 1.807) is 7.05 Å². The number of carbonyl (C=O) groups is 2. The van der Waals surface area contributed by atoms with Gasteiger partial charge in [0.25, 0.3) is 5.91 Å². The number of hydrogen-bond acceptors (Lipinski definition) is 6. The first kappa shape index (κ1) is 16.2. The molecule has 5 N–H and O–H groups in total. The highest BCUT2D eigenvalue weighted by atomic mass is 32.1. The van der Waals surface area contributed by atoms with Crippen LogP contribution >= 0.6 is 11.3 Å². The standard InChI is InChI=1S/C12H21N5O2S/c1-12(2,3)17-7(18)5-6-15-10(19)8-9(13)16-11(14-4)20-8/h5-6,13H2,1-4H3,(H,14,16)(H,15,19)(H,17,18). The molecule has 0 aromatic carbocycles. The molecule has 0 atom stereocenters. The summed E-state index contributed by atoms with van der Waals surface area (Å²) >= 11 is 1.18. The van der Waals surface area contributed by atoms with Crippen LogP contribution in [0.1, 0.15) is 36.9 Å². The van der Waals surface area contributed by atoms with Crippen molar-refractivity contribution in [2.45, 2.75) is 32.7 Å². The van der Waals surface area contributed by atoms with Crippen LogP contribution in [0.3, 0.4) is 0 Å². The van der Waals surface area contributed by atoms with E-state index >= 15 is 0 Å². The summed E-state index contributed by atoms with van der Waals surface area (Å²) in [5.41, 5.74) is 5.38. The highest BCUT2D eigenvalue weighted by Crippen LogP contribution is 2.24. The fourth-order valence-electron chi connectivity index (χ4n) is 1.45. The van der Waals surface area contributed by atoms with Crippen LogP contribution in [0.2, 0.25) is 0 Å². The van der Waals surface area contributed by atoms with Gasteiger partial charge in [0.2, 0.25) is 5.91 Å². The maximum Gasteiger partial charge on any atom is 0.265 e. The quantitative estimate of drug-likeness (QED) is 0.643. The second-order valence-corrected chi connectivity index (χ2v) is 6.29. The van der Waals surface area contributed by atoms with Crippen LogP contribution in [0, 0.1) is 0 Å². The molecular formula is C12H21N5O2S. The van der Waals surface area contributed by atoms with Gasteiger partial charge in [-0.3, -0.25) is 9.59 Å². The molecule has 0 unspecified atom stereocenters. The van der Waals surface area contributed by atoms with E-state index in [0.29, 0.717) is 10.0 Å². The largest absolute Gasteiger partial charge is 0.382 e. The molecule has 8 heteroatoms. The summed E-state index contributed by atoms with van der Waals surface area (Å²) in [5.74, 6) is -0.230. The molecule has 1 aromatic rings. The highest BCUT2D eigenvalue weighted by molar-refractivity contribution is 7.18. The van der Waals surface area contributed by atoms with Crippen LogP contribution in [0.5, 0.6) is 0 Å². The Morgan fingerprint density at radius 2 is 2.00 bits per heavy atom. The van der Waals surface area contributed by atoms with E-state index in [9.17, 15) is 9.59 Å². The van der Waals surface area contributed by atoms with Gasteiger partial charge in [0.05, 0.1) is 0 Å². The number of carbonyl (C=O) groups excluding carboxylic acids is 2. The zero-order chi connectivity index (χ0) is 15.3. The Morgan fingerprint density at radius 1 is 1.35 bits per heavy atom. The van der Waals surface area contributed by atoms with Gasteiger partial charge >= 0.3 is 0 Å². The number of thiazole rings is 1. The van der Waals surface area contributed by atoms with Crippen molar-refractivity contribution < 1.29 is 9.59 Å². The normalized spacial score (nSPS) is 11.0. The van der Waals surface area contributed by atoms with Crippen molar-refractivity contribution >= 4 is 34.1 Å². The Morgan fingerprint density at radius 3 is 2.50 bits per heavy atom. The highest BCUT2D eigenvalue weighted by Gasteiger charge is 2.17. The Balaban J connectivity index is 2.44. The average Bonchev–Trinajstić information content (AvgIpc) is 2.68. The van der Waals surface area contributed by atoms with Crippen LogP contribution in [-0.4, -0.2) is 35.9 Å². The third-order valence-corrected chi connectivity index (χ3v) is 3.31. The molecule has 1 aromatic heterocycles. The molecule has 1 heterocycles. The Bertz CT molecular complexity index is 493. The molecular weight excluding hydrogens is 278 g/mol. The number of nitrogen functional groups attached to an aromatic ring is 1. The van der Waals surface area contributed by atoms with Gasteiger partial charge < -0.3 is 21.7 Å². The third-order valence-electron chi connectivity index (χ3n) is 2.23. The summed E-state index contributed by atoms with van der Waals surface area (Å²) in [6.45, 7) is 5.97. The predicted molar refractivity (Wildman–Crippen MR) is 80.9 cm³/mol. The second-order valence-electron chi connectivity index (χ2n) is 5.29. The van der Waals surface area contributed by atoms with Gasteiger partial charge in [-0.1, -0.05) is 11.3 Å². The summed E-state index contributed by atoms with van der Waals surface area (Å²) in [5, 5.41) is 8.89. The van der Waals surface area contributed by atoms with E-state index in [1.165, 1.54) is 11.3 Å². The summed E-state index contributed by atoms with van der Waals surface area (Å²) < 4.78 is 0. The topological polar surface area (TPSA) is 109 Å². The maximum absolute atomic E-state index is 11.9. The number of amides is 2. The van der Waals surface area contributed by atoms with Crippen LogP contribution in [-0.2, 0) is 4.79 Å². The zero-order valence-corrected chi connectivity index (χ0v) is 13.0. The van der Waals surface area contributed by atoms with Crippen molar-refractivity contribution in [3.8, 4) is 0 Å². The lowest BCUT2D eigenvalue weighted by atomic mass is 10.1. The predicted octanol–water partition coefficient (Wildman–Crippen LogP) is 0.802. The van der Waals surface area contributed by atoms with Gasteiger partial charge in [0, 0.05) is 25.6 Å². The number of nitrogens with zero attached hydrogens (tertiary/aromatic N) is 1. The average molecular weight is 299 g/mol. The van der Waals surface area contributed by atoms with Crippen LogP contribution in [0.25, 0.3) is 0 Å². The van der Waals surface area contributed by atoms with E-state index in [-0.39, 0.29) is 36.1 Å². The summed E-state index contributed by atoms with van der Waals surface area (Å²) in [4.78, 5) is 27.8. The molecule has 2 amide bonds. The fourth-order valence-corrected chi connectivity index (χ4v) is 2.21. The minimum atomic E-state index is -0.315. The van der Waals surface area contributed by atoms with Gasteiger partial charge in [-0.05, 0) is 20.8 Å². The Hall–Kier alpha value is -1.83. The zero-order valence-electron chi connectivity index (χ0n) is 12.2. The van der Waals surface area contributed by atoms with E-state index < -0.39 is 0 Å². The van der Waals surface area contributed by atoms with Gasteiger partial charge in [0.1, 0.15) is 10.7 Å². The van der Waals surface area contributed by atoms with Crippen molar-refractivity contribution in [1.82, 2.24) is 15.6 Å². The number of rotatable bonds is 5. The van der Waals surface area contributed by atoms with E-state index in [4.69, 9.17) is 5.73 Å². The lowest BCUT2D eigenvalue weighted by molar-refractivity contribution is -0.122. The number of nitrogens with two attached hydrogens (primary N) is 1. The Kier molecular flexibility index (Phi) is 5.32. The van der Waals surface area contributed by atoms with Crippen LogP contribution in [0.15, 0.2) is 0 Å². The first-order chi connectivity index (χ1) is 9.23. The van der Waals surface area contributed by atoms with Crippen LogP contribution in [0.4, 0.5) is 10.9 Å². The molecule has 0 saturated heterocycles. The van der Waals surface area contributed by atoms with Crippen molar-refractivity contribution in [2.75, 3.05) is 24.6 Å². The molecule has 112 valence electrons. The number of aromatic nitrogens is 1. The third kappa shape index (κ3) is 5.04. The molecule has 7 nitrogen and oxygen atoms in total. The number of nitrogens with one attached hydrogen (secondary N) is 3. The van der Waals surface area contributed by atoms with Gasteiger partial charge in [-0.25, -0.2) is 4.98 Å². The molecule has 0 fully saturated rings. The second kappa shape index (κ2) is 6.56. The SMILES string of the molecule is CNc1nc(N)c(C(=O)NCCC(=O)NC(C)(C)C)s1. The smallest absolute Gasteiger partial charge is 0.265 e. The summed E-state index contributed by atoms with van der Waals surface area (Å²) in [7, 11) is 1.71. The maximum atomic E-state index is 11.9. The van der Waals surface area contributed by atoms with E-state index in [2.05, 4.69) is 20.9 Å². The first-order valence-electron chi connectivity index (χ1n) is 6.26. The first-order valence-corrected chi connectivity index (χ1v) is 7.08. The number of anilines is 2. The minimum absolute atomic E-state index is 0.106. The van der Waals surface area contributed by atoms with Crippen LogP contribution < -0.4 is 21.7 Å².